The van der Waals surface area contributed by atoms with Gasteiger partial charge in [-0.25, -0.2) is 0 Å². The van der Waals surface area contributed by atoms with Gasteiger partial charge in [0.1, 0.15) is 18.1 Å². The fourth-order valence-corrected chi connectivity index (χ4v) is 4.75. The average molecular weight is 527 g/mol. The Morgan fingerprint density at radius 2 is 1.62 bits per heavy atom. The molecule has 0 aromatic carbocycles. The van der Waals surface area contributed by atoms with Crippen LogP contribution in [0.4, 0.5) is 0 Å². The number of amides is 3. The normalized spacial score (nSPS) is 18.8. The van der Waals surface area contributed by atoms with E-state index >= 15 is 0 Å². The zero-order valence-corrected chi connectivity index (χ0v) is 23.1. The fraction of sp³-hybridized carbons (Fsp3) is 0.808. The lowest BCUT2D eigenvalue weighted by Crippen LogP contribution is -2.58. The second kappa shape index (κ2) is 15.7. The molecule has 1 saturated heterocycles. The largest absolute Gasteiger partial charge is 0.481 e. The maximum Gasteiger partial charge on any atom is 0.303 e. The van der Waals surface area contributed by atoms with Crippen LogP contribution in [0, 0.1) is 11.8 Å². The van der Waals surface area contributed by atoms with Crippen molar-refractivity contribution in [1.29, 1.82) is 0 Å². The summed E-state index contributed by atoms with van der Waals surface area (Å²) in [5.41, 5.74) is 0. The lowest BCUT2D eigenvalue weighted by atomic mass is 9.90. The summed E-state index contributed by atoms with van der Waals surface area (Å²) in [5.74, 6) is -3.02. The van der Waals surface area contributed by atoms with Crippen LogP contribution in [0.25, 0.3) is 0 Å². The predicted molar refractivity (Wildman–Crippen MR) is 139 cm³/mol. The summed E-state index contributed by atoms with van der Waals surface area (Å²) in [6.45, 7) is 9.51. The number of carbonyl (C=O) groups is 5. The maximum absolute atomic E-state index is 13.2. The number of hydrogen-bond acceptors (Lipinski definition) is 7. The molecule has 0 bridgehead atoms. The summed E-state index contributed by atoms with van der Waals surface area (Å²) in [6.07, 6.45) is 0.986. The Hall–Kier alpha value is -2.53. The van der Waals surface area contributed by atoms with Crippen molar-refractivity contribution in [2.75, 3.05) is 13.6 Å². The zero-order valence-electron chi connectivity index (χ0n) is 23.1. The van der Waals surface area contributed by atoms with E-state index in [1.54, 1.807) is 7.05 Å². The third-order valence-corrected chi connectivity index (χ3v) is 6.95. The van der Waals surface area contributed by atoms with Gasteiger partial charge in [-0.2, -0.15) is 0 Å². The molecule has 0 aromatic heterocycles. The van der Waals surface area contributed by atoms with E-state index in [9.17, 15) is 29.1 Å². The minimum Gasteiger partial charge on any atom is -0.481 e. The van der Waals surface area contributed by atoms with Crippen molar-refractivity contribution >= 4 is 29.5 Å². The van der Waals surface area contributed by atoms with Crippen LogP contribution < -0.4 is 16.0 Å². The number of aliphatic hydroxyl groups excluding tert-OH is 1. The number of nitrogens with zero attached hydrogens (tertiary/aromatic N) is 1. The molecule has 0 aromatic rings. The van der Waals surface area contributed by atoms with Crippen LogP contribution in [0.2, 0.25) is 0 Å². The number of rotatable bonds is 16. The van der Waals surface area contributed by atoms with Crippen LogP contribution in [0.15, 0.2) is 0 Å². The van der Waals surface area contributed by atoms with Crippen LogP contribution >= 0.6 is 0 Å². The van der Waals surface area contributed by atoms with Crippen molar-refractivity contribution in [2.45, 2.75) is 110 Å². The Morgan fingerprint density at radius 1 is 1.00 bits per heavy atom. The summed E-state index contributed by atoms with van der Waals surface area (Å²) in [7, 11) is 1.70. The number of aliphatic hydroxyl groups is 1. The molecule has 3 amide bonds. The van der Waals surface area contributed by atoms with Gasteiger partial charge in [-0.1, -0.05) is 27.7 Å². The van der Waals surface area contributed by atoms with Gasteiger partial charge in [-0.15, -0.1) is 0 Å². The lowest BCUT2D eigenvalue weighted by molar-refractivity contribution is -0.142. The van der Waals surface area contributed by atoms with E-state index in [4.69, 9.17) is 5.11 Å². The molecule has 37 heavy (non-hydrogen) atoms. The molecule has 5 N–H and O–H groups in total. The Labute approximate surface area is 220 Å². The molecule has 1 heterocycles. The monoisotopic (exact) mass is 526 g/mol. The first-order valence-electron chi connectivity index (χ1n) is 13.4. The van der Waals surface area contributed by atoms with Crippen molar-refractivity contribution in [3.63, 3.8) is 0 Å². The minimum atomic E-state index is -1.24. The van der Waals surface area contributed by atoms with Crippen molar-refractivity contribution in [1.82, 2.24) is 20.9 Å². The Kier molecular flexibility index (Phi) is 13.8. The first-order chi connectivity index (χ1) is 17.4. The second-order valence-electron chi connectivity index (χ2n) is 10.3. The van der Waals surface area contributed by atoms with Crippen molar-refractivity contribution in [3.05, 3.63) is 0 Å². The Bertz CT molecular complexity index is 798. The van der Waals surface area contributed by atoms with E-state index in [1.165, 1.54) is 11.8 Å². The molecule has 0 saturated carbocycles. The molecule has 1 aliphatic heterocycles. The van der Waals surface area contributed by atoms with Crippen LogP contribution in [0.1, 0.15) is 79.6 Å². The van der Waals surface area contributed by atoms with Crippen LogP contribution in [-0.4, -0.2) is 88.5 Å². The highest BCUT2D eigenvalue weighted by molar-refractivity contribution is 5.96. The van der Waals surface area contributed by atoms with E-state index in [2.05, 4.69) is 16.0 Å². The molecule has 0 radical (unpaired) electrons. The molecule has 0 aliphatic carbocycles. The number of likely N-dealkylation sites (tertiary alicyclic amines) is 1. The third kappa shape index (κ3) is 9.70. The second-order valence-corrected chi connectivity index (χ2v) is 10.3. The number of carboxylic acids is 1. The molecule has 11 heteroatoms. The molecule has 11 nitrogen and oxygen atoms in total. The van der Waals surface area contributed by atoms with E-state index in [0.717, 1.165) is 0 Å². The van der Waals surface area contributed by atoms with Gasteiger partial charge in [-0.3, -0.25) is 24.0 Å². The summed E-state index contributed by atoms with van der Waals surface area (Å²) < 4.78 is 0. The van der Waals surface area contributed by atoms with E-state index in [0.29, 0.717) is 38.6 Å². The fourth-order valence-electron chi connectivity index (χ4n) is 4.75. The van der Waals surface area contributed by atoms with Crippen LogP contribution in [0.3, 0.4) is 0 Å². The Balaban J connectivity index is 3.07. The molecule has 212 valence electrons. The molecular weight excluding hydrogens is 480 g/mol. The van der Waals surface area contributed by atoms with Gasteiger partial charge in [-0.05, 0) is 58.4 Å². The number of carbonyl (C=O) groups excluding carboxylic acids is 4. The first kappa shape index (κ1) is 32.5. The highest BCUT2D eigenvalue weighted by Crippen LogP contribution is 2.21. The highest BCUT2D eigenvalue weighted by atomic mass is 16.4. The quantitative estimate of drug-likeness (QED) is 0.197. The van der Waals surface area contributed by atoms with Gasteiger partial charge in [0.25, 0.3) is 0 Å². The maximum atomic E-state index is 13.2. The Morgan fingerprint density at radius 3 is 2.11 bits per heavy atom. The standard InChI is InChI=1S/C26H46N4O7/c1-7-17(8-2)23(34)22(16(5)31)29-24(35)18(11-12-21(32)33)28-25(36)20-10-9-13-30(20)26(37)19(27-6)14-15(3)4/h15-20,22,27,31H,7-14H2,1-6H3,(H,28,36)(H,29,35)(H,32,33)/t16?,18-,19-,20-,22?/m0/s1. The van der Waals surface area contributed by atoms with Gasteiger partial charge < -0.3 is 31.1 Å². The van der Waals surface area contributed by atoms with Crippen molar-refractivity contribution in [2.24, 2.45) is 11.8 Å². The molecule has 0 spiro atoms. The van der Waals surface area contributed by atoms with Gasteiger partial charge in [0.2, 0.25) is 17.7 Å². The average Bonchev–Trinajstić information content (AvgIpc) is 3.33. The van der Waals surface area contributed by atoms with Crippen LogP contribution in [-0.2, 0) is 24.0 Å². The van der Waals surface area contributed by atoms with Crippen LogP contribution in [0.5, 0.6) is 0 Å². The smallest absolute Gasteiger partial charge is 0.303 e. The lowest BCUT2D eigenvalue weighted by Gasteiger charge is -2.30. The van der Waals surface area contributed by atoms with E-state index in [-0.39, 0.29) is 36.4 Å². The van der Waals surface area contributed by atoms with E-state index in [1.807, 2.05) is 27.7 Å². The molecular formula is C26H46N4O7. The number of carboxylic acid groups (broad SMARTS) is 1. The van der Waals surface area contributed by atoms with Gasteiger partial charge in [0.05, 0.1) is 12.1 Å². The number of hydrogen-bond donors (Lipinski definition) is 5. The highest BCUT2D eigenvalue weighted by Gasteiger charge is 2.39. The van der Waals surface area contributed by atoms with Gasteiger partial charge in [0.15, 0.2) is 5.78 Å². The molecule has 5 atom stereocenters. The SMILES string of the molecule is CCC(CC)C(=O)C(NC(=O)[C@H](CCC(=O)O)NC(=O)[C@@H]1CCCN1C(=O)[C@H](CC(C)C)NC)C(C)O. The number of Topliss-reactive ketones (excluding diaryl/α,β-unsaturated/α-hetero) is 1. The number of nitrogens with one attached hydrogen (secondary N) is 3. The first-order valence-corrected chi connectivity index (χ1v) is 13.4. The van der Waals surface area contributed by atoms with E-state index < -0.39 is 48.1 Å². The summed E-state index contributed by atoms with van der Waals surface area (Å²) in [4.78, 5) is 65.1. The third-order valence-electron chi connectivity index (χ3n) is 6.95. The topological polar surface area (TPSA) is 165 Å². The number of aliphatic carboxylic acids is 1. The van der Waals surface area contributed by atoms with Crippen molar-refractivity contribution < 1.29 is 34.2 Å². The predicted octanol–water partition coefficient (Wildman–Crippen LogP) is 0.832. The zero-order chi connectivity index (χ0) is 28.3. The summed E-state index contributed by atoms with van der Waals surface area (Å²) in [6, 6.07) is -3.65. The number of likely N-dealkylation sites (N-methyl/N-ethyl adjacent to an activating group) is 1. The van der Waals surface area contributed by atoms with Gasteiger partial charge in [0, 0.05) is 18.9 Å². The summed E-state index contributed by atoms with van der Waals surface area (Å²) >= 11 is 0. The molecule has 1 aliphatic rings. The molecule has 1 fully saturated rings. The molecule has 2 unspecified atom stereocenters. The van der Waals surface area contributed by atoms with Gasteiger partial charge >= 0.3 is 5.97 Å². The minimum absolute atomic E-state index is 0.190. The van der Waals surface area contributed by atoms with Crippen molar-refractivity contribution in [3.8, 4) is 0 Å². The number of ketones is 1. The summed E-state index contributed by atoms with van der Waals surface area (Å²) in [5, 5.41) is 27.5. The molecule has 1 rings (SSSR count).